The number of hydrogen-bond acceptors (Lipinski definition) is 6. The van der Waals surface area contributed by atoms with Crippen molar-refractivity contribution in [2.75, 3.05) is 19.8 Å². The van der Waals surface area contributed by atoms with Crippen molar-refractivity contribution in [2.24, 2.45) is 5.41 Å². The molecule has 152 valence electrons. The Morgan fingerprint density at radius 2 is 1.41 bits per heavy atom. The van der Waals surface area contributed by atoms with E-state index in [-0.39, 0.29) is 37.4 Å². The number of aliphatic hydroxyl groups is 2. The second-order valence-corrected chi connectivity index (χ2v) is 9.32. The van der Waals surface area contributed by atoms with Gasteiger partial charge in [-0.15, -0.1) is 0 Å². The maximum Gasteiger partial charge on any atom is 0.201 e. The number of ketones is 2. The molecule has 0 spiro atoms. The number of ether oxygens (including phenoxy) is 2. The lowest BCUT2D eigenvalue weighted by molar-refractivity contribution is -0.0223. The fraction of sp³-hybridized carbons (Fsp3) is 0.333. The molecule has 4 rings (SSSR count). The monoisotopic (exact) mass is 524 g/mol. The van der Waals surface area contributed by atoms with Crippen LogP contribution in [0.15, 0.2) is 45.3 Å². The van der Waals surface area contributed by atoms with Crippen LogP contribution in [0.5, 0.6) is 11.5 Å². The lowest BCUT2D eigenvalue weighted by atomic mass is 9.73. The molecular formula is C21H18Br2O6. The highest BCUT2D eigenvalue weighted by Gasteiger charge is 2.49. The van der Waals surface area contributed by atoms with Crippen LogP contribution in [0.1, 0.15) is 33.6 Å². The summed E-state index contributed by atoms with van der Waals surface area (Å²) >= 11 is 6.66. The molecule has 0 aliphatic carbocycles. The van der Waals surface area contributed by atoms with Gasteiger partial charge < -0.3 is 19.7 Å². The Balaban J connectivity index is 1.59. The zero-order chi connectivity index (χ0) is 20.8. The van der Waals surface area contributed by atoms with Gasteiger partial charge >= 0.3 is 0 Å². The summed E-state index contributed by atoms with van der Waals surface area (Å²) in [6.45, 7) is -0.686. The van der Waals surface area contributed by atoms with Gasteiger partial charge in [-0.05, 0) is 49.2 Å². The molecule has 0 aromatic heterocycles. The number of hydrogen-bond donors (Lipinski definition) is 2. The zero-order valence-corrected chi connectivity index (χ0v) is 18.5. The van der Waals surface area contributed by atoms with Crippen molar-refractivity contribution >= 4 is 43.4 Å². The van der Waals surface area contributed by atoms with E-state index in [2.05, 4.69) is 31.9 Å². The fourth-order valence-corrected chi connectivity index (χ4v) is 4.43. The first-order valence-corrected chi connectivity index (χ1v) is 10.6. The summed E-state index contributed by atoms with van der Waals surface area (Å²) in [6, 6.07) is 10.1. The van der Waals surface area contributed by atoms with E-state index in [0.717, 1.165) is 4.47 Å². The van der Waals surface area contributed by atoms with Crippen LogP contribution < -0.4 is 9.47 Å². The Bertz CT molecular complexity index is 1010. The molecule has 2 aromatic carbocycles. The first kappa shape index (κ1) is 20.5. The second-order valence-electron chi connectivity index (χ2n) is 7.49. The molecule has 2 aromatic rings. The van der Waals surface area contributed by atoms with Gasteiger partial charge in [0.1, 0.15) is 24.7 Å². The summed E-state index contributed by atoms with van der Waals surface area (Å²) in [5.74, 6) is 0.145. The van der Waals surface area contributed by atoms with Crippen LogP contribution >= 0.6 is 31.9 Å². The normalized spacial score (nSPS) is 25.7. The largest absolute Gasteiger partial charge is 0.492 e. The quantitative estimate of drug-likeness (QED) is 0.634. The minimum Gasteiger partial charge on any atom is -0.492 e. The topological polar surface area (TPSA) is 93.1 Å². The molecule has 29 heavy (non-hydrogen) atoms. The smallest absolute Gasteiger partial charge is 0.201 e. The molecule has 2 aliphatic rings. The van der Waals surface area contributed by atoms with Gasteiger partial charge in [-0.3, -0.25) is 9.59 Å². The number of Topliss-reactive ketones (excluding diaryl/α,β-unsaturated/α-hetero) is 2. The van der Waals surface area contributed by atoms with Gasteiger partial charge in [-0.2, -0.15) is 0 Å². The van der Waals surface area contributed by atoms with Crippen molar-refractivity contribution in [2.45, 2.75) is 18.4 Å². The first-order chi connectivity index (χ1) is 13.8. The van der Waals surface area contributed by atoms with Gasteiger partial charge in [0.05, 0.1) is 23.1 Å². The van der Waals surface area contributed by atoms with Crippen LogP contribution in [-0.4, -0.2) is 47.2 Å². The van der Waals surface area contributed by atoms with Crippen LogP contribution in [0.4, 0.5) is 0 Å². The Morgan fingerprint density at radius 1 is 0.862 bits per heavy atom. The molecule has 0 saturated carbocycles. The number of carbonyl (C=O) groups excluding carboxylic acids is 2. The van der Waals surface area contributed by atoms with Crippen molar-refractivity contribution in [1.29, 1.82) is 0 Å². The van der Waals surface area contributed by atoms with Crippen molar-refractivity contribution < 1.29 is 29.3 Å². The first-order valence-electron chi connectivity index (χ1n) is 9.06. The second kappa shape index (κ2) is 7.50. The van der Waals surface area contributed by atoms with Gasteiger partial charge in [-0.1, -0.05) is 31.9 Å². The molecule has 0 radical (unpaired) electrons. The molecule has 0 amide bonds. The predicted molar refractivity (Wildman–Crippen MR) is 112 cm³/mol. The molecule has 0 fully saturated rings. The number of fused-ring (bicyclic) bond motifs is 2. The van der Waals surface area contributed by atoms with Crippen molar-refractivity contribution in [3.63, 3.8) is 0 Å². The Hall–Kier alpha value is -1.74. The molecule has 2 atom stereocenters. The molecule has 8 heteroatoms. The third-order valence-corrected chi connectivity index (χ3v) is 6.55. The van der Waals surface area contributed by atoms with Crippen LogP contribution in [0.25, 0.3) is 0 Å². The zero-order valence-electron chi connectivity index (χ0n) is 15.3. The highest BCUT2D eigenvalue weighted by molar-refractivity contribution is 9.10. The highest BCUT2D eigenvalue weighted by atomic mass is 79.9. The Kier molecular flexibility index (Phi) is 5.31. The summed E-state index contributed by atoms with van der Waals surface area (Å²) in [6.07, 6.45) is 0.0278. The summed E-state index contributed by atoms with van der Waals surface area (Å²) in [5, 5.41) is 21.1. The molecule has 2 N–H and O–H groups in total. The highest BCUT2D eigenvalue weighted by Crippen LogP contribution is 2.41. The summed E-state index contributed by atoms with van der Waals surface area (Å²) in [7, 11) is 0. The van der Waals surface area contributed by atoms with E-state index < -0.39 is 23.4 Å². The average Bonchev–Trinajstić information content (AvgIpc) is 2.72. The maximum absolute atomic E-state index is 13.2. The minimum atomic E-state index is -1.78. The van der Waals surface area contributed by atoms with Gasteiger partial charge in [0.25, 0.3) is 0 Å². The predicted octanol–water partition coefficient (Wildman–Crippen LogP) is 3.55. The van der Waals surface area contributed by atoms with E-state index >= 15 is 0 Å². The van der Waals surface area contributed by atoms with Crippen molar-refractivity contribution in [3.05, 3.63) is 56.5 Å². The van der Waals surface area contributed by atoms with E-state index in [1.54, 1.807) is 36.4 Å². The van der Waals surface area contributed by atoms with Crippen molar-refractivity contribution in [1.82, 2.24) is 0 Å². The van der Waals surface area contributed by atoms with E-state index in [1.807, 2.05) is 0 Å². The lowest BCUT2D eigenvalue weighted by Gasteiger charge is -2.38. The van der Waals surface area contributed by atoms with Gasteiger partial charge in [-0.25, -0.2) is 0 Å². The molecule has 2 heterocycles. The van der Waals surface area contributed by atoms with E-state index in [4.69, 9.17) is 9.47 Å². The molecule has 0 saturated heterocycles. The third-order valence-electron chi connectivity index (χ3n) is 5.57. The van der Waals surface area contributed by atoms with Gasteiger partial charge in [0.15, 0.2) is 11.4 Å². The standard InChI is InChI=1S/C21H18Br2O6/c22-12-1-3-16-14(7-12)18(25)20(9-24,10-28-16)5-6-21(27)11-29-17-4-2-13(23)8-15(17)19(21)26/h1-4,7-8,24,27H,5-6,9-11H2. The summed E-state index contributed by atoms with van der Waals surface area (Å²) < 4.78 is 12.7. The van der Waals surface area contributed by atoms with E-state index in [1.165, 1.54) is 0 Å². The molecule has 0 bridgehead atoms. The van der Waals surface area contributed by atoms with E-state index in [9.17, 15) is 19.8 Å². The molecule has 6 nitrogen and oxygen atoms in total. The molecule has 2 unspecified atom stereocenters. The number of benzene rings is 2. The van der Waals surface area contributed by atoms with Crippen LogP contribution in [-0.2, 0) is 0 Å². The third kappa shape index (κ3) is 3.52. The lowest BCUT2D eigenvalue weighted by Crippen LogP contribution is -2.51. The van der Waals surface area contributed by atoms with Crippen molar-refractivity contribution in [3.8, 4) is 11.5 Å². The Labute approximate surface area is 184 Å². The van der Waals surface area contributed by atoms with E-state index in [0.29, 0.717) is 21.5 Å². The minimum absolute atomic E-state index is 0.0236. The SMILES string of the molecule is O=C1c2cc(Br)ccc2OCC1(O)CCC1(CO)COc2ccc(Br)cc2C1=O. The Morgan fingerprint density at radius 3 is 2.00 bits per heavy atom. The number of halogens is 2. The van der Waals surface area contributed by atoms with Crippen LogP contribution in [0.3, 0.4) is 0 Å². The summed E-state index contributed by atoms with van der Waals surface area (Å²) in [5.41, 5.74) is -2.37. The number of aliphatic hydroxyl groups excluding tert-OH is 1. The summed E-state index contributed by atoms with van der Waals surface area (Å²) in [4.78, 5) is 26.1. The van der Waals surface area contributed by atoms with Crippen LogP contribution in [0.2, 0.25) is 0 Å². The van der Waals surface area contributed by atoms with Gasteiger partial charge in [0.2, 0.25) is 5.78 Å². The maximum atomic E-state index is 13.2. The fourth-order valence-electron chi connectivity index (χ4n) is 3.71. The molecular weight excluding hydrogens is 508 g/mol. The molecule has 2 aliphatic heterocycles. The number of carbonyl (C=O) groups is 2. The van der Waals surface area contributed by atoms with Gasteiger partial charge in [0, 0.05) is 8.95 Å². The number of rotatable bonds is 4. The van der Waals surface area contributed by atoms with Crippen LogP contribution in [0, 0.1) is 5.41 Å². The average molecular weight is 526 g/mol.